The van der Waals surface area contributed by atoms with Crippen molar-refractivity contribution in [3.8, 4) is 0 Å². The SMILES string of the molecule is COC1([n+]2ccccc2)C(Cl)=CC(C(=O)C[O-])=CC1(Cl)O[C@@H]1CC[C@H](O)C1. The molecule has 0 spiro atoms. The van der Waals surface area contributed by atoms with E-state index < -0.39 is 29.3 Å². The number of halogens is 2. The average molecular weight is 414 g/mol. The summed E-state index contributed by atoms with van der Waals surface area (Å²) in [7, 11) is 1.44. The quantitative estimate of drug-likeness (QED) is 0.558. The molecular formula is C19H21Cl2NO5. The van der Waals surface area contributed by atoms with Crippen molar-refractivity contribution in [2.45, 2.75) is 42.3 Å². The van der Waals surface area contributed by atoms with Crippen LogP contribution in [0.4, 0.5) is 0 Å². The zero-order valence-electron chi connectivity index (χ0n) is 14.8. The molecule has 27 heavy (non-hydrogen) atoms. The van der Waals surface area contributed by atoms with Crippen LogP contribution in [0, 0.1) is 0 Å². The minimum absolute atomic E-state index is 0.0766. The summed E-state index contributed by atoms with van der Waals surface area (Å²) in [5.74, 6) is -0.643. The molecule has 0 bridgehead atoms. The second-order valence-electron chi connectivity index (χ2n) is 6.64. The molecule has 3 rings (SSSR count). The number of carbonyl (C=O) groups is 1. The van der Waals surface area contributed by atoms with Crippen LogP contribution in [-0.4, -0.2) is 41.9 Å². The van der Waals surface area contributed by atoms with Crippen LogP contribution in [0.5, 0.6) is 0 Å². The van der Waals surface area contributed by atoms with Gasteiger partial charge in [0.05, 0.1) is 12.2 Å². The number of hydrogen-bond donors (Lipinski definition) is 1. The Morgan fingerprint density at radius 3 is 2.63 bits per heavy atom. The lowest BCUT2D eigenvalue weighted by Gasteiger charge is -2.41. The van der Waals surface area contributed by atoms with Crippen molar-refractivity contribution in [3.63, 3.8) is 0 Å². The van der Waals surface area contributed by atoms with Crippen molar-refractivity contribution in [3.05, 3.63) is 53.4 Å². The van der Waals surface area contributed by atoms with Gasteiger partial charge in [0.15, 0.2) is 12.4 Å². The molecule has 146 valence electrons. The summed E-state index contributed by atoms with van der Waals surface area (Å²) in [6.07, 6.45) is 7.00. The standard InChI is InChI=1S/C19H21Cl2NO5/c1-26-19(22-7-3-2-4-8-22)17(20)9-13(16(25)12-23)11-18(19,21)27-15-6-5-14(24)10-15/h2-4,7-9,11,14-15,24H,5-6,10,12H2,1H3/t14-,15+,18?,19?/m0/s1. The third-order valence-corrected chi connectivity index (χ3v) is 5.75. The summed E-state index contributed by atoms with van der Waals surface area (Å²) in [6.45, 7) is -0.930. The van der Waals surface area contributed by atoms with Crippen molar-refractivity contribution in [1.29, 1.82) is 0 Å². The molecule has 4 atom stereocenters. The summed E-state index contributed by atoms with van der Waals surface area (Å²) in [6, 6.07) is 5.39. The average Bonchev–Trinajstić information content (AvgIpc) is 3.06. The first-order chi connectivity index (χ1) is 12.9. The van der Waals surface area contributed by atoms with Gasteiger partial charge in [0, 0.05) is 24.8 Å². The predicted octanol–water partition coefficient (Wildman–Crippen LogP) is 1.13. The molecule has 0 radical (unpaired) electrons. The molecule has 8 heteroatoms. The third kappa shape index (κ3) is 3.58. The van der Waals surface area contributed by atoms with Crippen LogP contribution in [0.3, 0.4) is 0 Å². The van der Waals surface area contributed by atoms with Crippen molar-refractivity contribution in [2.24, 2.45) is 0 Å². The molecule has 0 aromatic carbocycles. The lowest BCUT2D eigenvalue weighted by atomic mass is 9.92. The van der Waals surface area contributed by atoms with Crippen LogP contribution < -0.4 is 9.67 Å². The highest BCUT2D eigenvalue weighted by Crippen LogP contribution is 2.48. The van der Waals surface area contributed by atoms with E-state index in [9.17, 15) is 15.0 Å². The highest BCUT2D eigenvalue weighted by atomic mass is 35.5. The second-order valence-corrected chi connectivity index (χ2v) is 7.61. The summed E-state index contributed by atoms with van der Waals surface area (Å²) in [5, 5.41) is 19.4. The van der Waals surface area contributed by atoms with Gasteiger partial charge in [-0.2, -0.15) is 4.57 Å². The molecule has 1 fully saturated rings. The zero-order chi connectivity index (χ0) is 19.7. The number of carbonyl (C=O) groups excluding carboxylic acids is 1. The van der Waals surface area contributed by atoms with Crippen LogP contribution in [0.2, 0.25) is 0 Å². The molecule has 1 aromatic heterocycles. The Morgan fingerprint density at radius 2 is 2.07 bits per heavy atom. The van der Waals surface area contributed by atoms with E-state index in [1.165, 1.54) is 19.3 Å². The van der Waals surface area contributed by atoms with Gasteiger partial charge in [-0.25, -0.2) is 0 Å². The number of aromatic nitrogens is 1. The maximum absolute atomic E-state index is 12.0. The number of ether oxygens (including phenoxy) is 2. The molecule has 0 saturated heterocycles. The lowest BCUT2D eigenvalue weighted by molar-refractivity contribution is -0.807. The first kappa shape index (κ1) is 20.5. The van der Waals surface area contributed by atoms with Crippen molar-refractivity contribution in [2.75, 3.05) is 13.7 Å². The topological polar surface area (TPSA) is 82.7 Å². The van der Waals surface area contributed by atoms with Crippen LogP contribution in [0.1, 0.15) is 19.3 Å². The Kier molecular flexibility index (Phi) is 6.05. The van der Waals surface area contributed by atoms with Gasteiger partial charge in [0.2, 0.25) is 0 Å². The van der Waals surface area contributed by atoms with Crippen LogP contribution in [0.15, 0.2) is 53.4 Å². The molecule has 1 heterocycles. The maximum Gasteiger partial charge on any atom is 0.357 e. The van der Waals surface area contributed by atoms with Crippen LogP contribution >= 0.6 is 23.2 Å². The van der Waals surface area contributed by atoms with Crippen molar-refractivity contribution < 1.29 is 29.0 Å². The van der Waals surface area contributed by atoms with Crippen LogP contribution in [-0.2, 0) is 20.0 Å². The Labute approximate surface area is 167 Å². The van der Waals surface area contributed by atoms with Crippen LogP contribution in [0.25, 0.3) is 0 Å². The molecule has 0 amide bonds. The van der Waals surface area contributed by atoms with Gasteiger partial charge in [-0.15, -0.1) is 0 Å². The number of hydrogen-bond acceptors (Lipinski definition) is 5. The monoisotopic (exact) mass is 413 g/mol. The highest BCUT2D eigenvalue weighted by Gasteiger charge is 2.65. The number of allylic oxidation sites excluding steroid dienone is 1. The second kappa shape index (κ2) is 7.99. The van der Waals surface area contributed by atoms with E-state index in [0.717, 1.165) is 0 Å². The number of rotatable bonds is 6. The van der Waals surface area contributed by atoms with Gasteiger partial charge in [-0.05, 0) is 31.4 Å². The minimum atomic E-state index is -1.70. The molecule has 2 unspecified atom stereocenters. The molecular weight excluding hydrogens is 393 g/mol. The van der Waals surface area contributed by atoms with Gasteiger partial charge in [0.1, 0.15) is 10.8 Å². The Morgan fingerprint density at radius 1 is 1.37 bits per heavy atom. The molecule has 1 aromatic rings. The molecule has 0 aliphatic heterocycles. The fraction of sp³-hybridized carbons (Fsp3) is 0.474. The number of methoxy groups -OCH3 is 1. The number of pyridine rings is 1. The smallest absolute Gasteiger partial charge is 0.357 e. The normalized spacial score (nSPS) is 33.5. The van der Waals surface area contributed by atoms with Gasteiger partial charge in [-0.3, -0.25) is 4.79 Å². The largest absolute Gasteiger partial charge is 0.849 e. The zero-order valence-corrected chi connectivity index (χ0v) is 16.3. The van der Waals surface area contributed by atoms with E-state index in [-0.39, 0.29) is 16.7 Å². The van der Waals surface area contributed by atoms with E-state index in [1.54, 1.807) is 29.1 Å². The van der Waals surface area contributed by atoms with Gasteiger partial charge in [0.25, 0.3) is 5.06 Å². The molecule has 6 nitrogen and oxygen atoms in total. The lowest BCUT2D eigenvalue weighted by Crippen LogP contribution is -2.70. The predicted molar refractivity (Wildman–Crippen MR) is 96.8 cm³/mol. The highest BCUT2D eigenvalue weighted by molar-refractivity contribution is 6.34. The van der Waals surface area contributed by atoms with Gasteiger partial charge >= 0.3 is 5.72 Å². The Hall–Kier alpha value is -1.28. The van der Waals surface area contributed by atoms with E-state index in [2.05, 4.69) is 0 Å². The van der Waals surface area contributed by atoms with Crippen molar-refractivity contribution >= 4 is 29.0 Å². The summed E-state index contributed by atoms with van der Waals surface area (Å²) in [5.41, 5.74) is -1.41. The number of Topliss-reactive ketones (excluding diaryl/α,β-unsaturated/α-hetero) is 1. The number of ketones is 1. The van der Waals surface area contributed by atoms with Crippen molar-refractivity contribution in [1.82, 2.24) is 0 Å². The number of nitrogens with zero attached hydrogens (tertiary/aromatic N) is 1. The number of aliphatic hydroxyl groups excluding tert-OH is 1. The molecule has 2 aliphatic carbocycles. The van der Waals surface area contributed by atoms with E-state index in [0.29, 0.717) is 19.3 Å². The third-order valence-electron chi connectivity index (χ3n) is 4.93. The molecule has 1 N–H and O–H groups in total. The molecule has 1 saturated carbocycles. The van der Waals surface area contributed by atoms with E-state index >= 15 is 0 Å². The molecule has 2 aliphatic rings. The maximum atomic E-state index is 12.0. The van der Waals surface area contributed by atoms with Gasteiger partial charge in [-0.1, -0.05) is 35.9 Å². The number of aliphatic hydroxyl groups is 1. The number of alkyl halides is 1. The summed E-state index contributed by atoms with van der Waals surface area (Å²) < 4.78 is 13.6. The van der Waals surface area contributed by atoms with E-state index in [4.69, 9.17) is 32.7 Å². The summed E-state index contributed by atoms with van der Waals surface area (Å²) in [4.78, 5) is 12.0. The fourth-order valence-electron chi connectivity index (χ4n) is 3.61. The van der Waals surface area contributed by atoms with E-state index in [1.807, 2.05) is 6.07 Å². The summed E-state index contributed by atoms with van der Waals surface area (Å²) >= 11 is 13.5. The first-order valence-corrected chi connectivity index (χ1v) is 9.40. The first-order valence-electron chi connectivity index (χ1n) is 8.65. The fourth-order valence-corrected chi connectivity index (χ4v) is 4.61. The Bertz CT molecular complexity index is 769. The van der Waals surface area contributed by atoms with Gasteiger partial charge < -0.3 is 19.7 Å². The Balaban J connectivity index is 2.13. The minimum Gasteiger partial charge on any atom is -0.849 e.